The Morgan fingerprint density at radius 3 is 3.06 bits per heavy atom. The number of nitrogens with two attached hydrogens (primary N) is 1. The highest BCUT2D eigenvalue weighted by atomic mass is 16.5. The number of fused-ring (bicyclic) bond motifs is 1. The Morgan fingerprint density at radius 1 is 1.50 bits per heavy atom. The fraction of sp³-hybridized carbons (Fsp3) is 0.200. The van der Waals surface area contributed by atoms with Crippen molar-refractivity contribution in [3.8, 4) is 0 Å². The van der Waals surface area contributed by atoms with Crippen LogP contribution in [0.25, 0.3) is 11.0 Å². The van der Waals surface area contributed by atoms with Crippen LogP contribution in [0.3, 0.4) is 0 Å². The van der Waals surface area contributed by atoms with Crippen molar-refractivity contribution in [3.05, 3.63) is 29.7 Å². The maximum atomic E-state index is 11.5. The summed E-state index contributed by atoms with van der Waals surface area (Å²) in [5.41, 5.74) is 7.63. The average molecular weight is 220 g/mol. The molecule has 0 spiro atoms. The van der Waals surface area contributed by atoms with Crippen molar-refractivity contribution in [2.45, 2.75) is 0 Å². The number of benzene rings is 1. The van der Waals surface area contributed by atoms with Crippen LogP contribution in [-0.2, 0) is 0 Å². The minimum atomic E-state index is 0.01000. The van der Waals surface area contributed by atoms with Crippen LogP contribution in [-0.4, -0.2) is 23.2 Å². The number of anilines is 2. The number of rotatable bonds is 3. The Kier molecular flexibility index (Phi) is 2.74. The second-order valence-corrected chi connectivity index (χ2v) is 3.30. The van der Waals surface area contributed by atoms with E-state index in [0.717, 1.165) is 0 Å². The molecule has 0 bridgehead atoms. The fourth-order valence-corrected chi connectivity index (χ4v) is 1.53. The standard InChI is InChI=1S/C10H12N4O2/c11-7-1-2-8(12-4-6-15)9-10(7)14(16)5-3-13-9/h1-3,5,12,15H,4,6,11H2. The number of hydrogen-bond donors (Lipinski definition) is 3. The van der Waals surface area contributed by atoms with Gasteiger partial charge in [-0.25, -0.2) is 4.98 Å². The summed E-state index contributed by atoms with van der Waals surface area (Å²) in [5, 5.41) is 23.3. The summed E-state index contributed by atoms with van der Waals surface area (Å²) in [6.45, 7) is 0.407. The number of aromatic nitrogens is 2. The lowest BCUT2D eigenvalue weighted by Crippen LogP contribution is -2.27. The van der Waals surface area contributed by atoms with E-state index in [0.29, 0.717) is 33.7 Å². The molecule has 4 N–H and O–H groups in total. The minimum Gasteiger partial charge on any atom is -0.618 e. The molecule has 0 radical (unpaired) electrons. The van der Waals surface area contributed by atoms with E-state index in [9.17, 15) is 5.21 Å². The Morgan fingerprint density at radius 2 is 2.31 bits per heavy atom. The molecule has 0 saturated heterocycles. The zero-order chi connectivity index (χ0) is 11.5. The van der Waals surface area contributed by atoms with Crippen LogP contribution in [0.4, 0.5) is 11.4 Å². The SMILES string of the molecule is Nc1ccc(NCCO)c2ncc[n+]([O-])c12. The topological polar surface area (TPSA) is 98.1 Å². The molecule has 0 fully saturated rings. The number of nitrogens with zero attached hydrogens (tertiary/aromatic N) is 2. The van der Waals surface area contributed by atoms with E-state index in [2.05, 4.69) is 10.3 Å². The van der Waals surface area contributed by atoms with Gasteiger partial charge in [0.15, 0.2) is 11.7 Å². The maximum absolute atomic E-state index is 11.5. The summed E-state index contributed by atoms with van der Waals surface area (Å²) >= 11 is 0. The monoisotopic (exact) mass is 220 g/mol. The second-order valence-electron chi connectivity index (χ2n) is 3.30. The molecule has 0 amide bonds. The highest BCUT2D eigenvalue weighted by Gasteiger charge is 2.12. The summed E-state index contributed by atoms with van der Waals surface area (Å²) < 4.78 is 0.682. The van der Waals surface area contributed by atoms with Crippen molar-refractivity contribution < 1.29 is 9.84 Å². The van der Waals surface area contributed by atoms with Crippen molar-refractivity contribution in [3.63, 3.8) is 0 Å². The lowest BCUT2D eigenvalue weighted by atomic mass is 10.2. The highest BCUT2D eigenvalue weighted by Crippen LogP contribution is 2.23. The van der Waals surface area contributed by atoms with Crippen LogP contribution in [0.5, 0.6) is 0 Å². The van der Waals surface area contributed by atoms with Gasteiger partial charge in [-0.15, -0.1) is 0 Å². The van der Waals surface area contributed by atoms with Crippen molar-refractivity contribution in [1.82, 2.24) is 4.98 Å². The lowest BCUT2D eigenvalue weighted by molar-refractivity contribution is -0.576. The summed E-state index contributed by atoms with van der Waals surface area (Å²) in [6.07, 6.45) is 2.72. The molecule has 6 nitrogen and oxygen atoms in total. The van der Waals surface area contributed by atoms with E-state index in [1.54, 1.807) is 12.1 Å². The molecule has 0 aliphatic carbocycles. The number of aliphatic hydroxyl groups excluding tert-OH is 1. The van der Waals surface area contributed by atoms with Gasteiger partial charge in [0.2, 0.25) is 0 Å². The Labute approximate surface area is 91.9 Å². The number of aliphatic hydroxyl groups is 1. The molecule has 1 aromatic carbocycles. The molecule has 6 heteroatoms. The van der Waals surface area contributed by atoms with E-state index < -0.39 is 0 Å². The van der Waals surface area contributed by atoms with Crippen LogP contribution in [0.2, 0.25) is 0 Å². The average Bonchev–Trinajstić information content (AvgIpc) is 2.28. The van der Waals surface area contributed by atoms with E-state index >= 15 is 0 Å². The van der Waals surface area contributed by atoms with Gasteiger partial charge in [0, 0.05) is 6.54 Å². The summed E-state index contributed by atoms with van der Waals surface area (Å²) in [6, 6.07) is 3.37. The third-order valence-corrected chi connectivity index (χ3v) is 2.24. The van der Waals surface area contributed by atoms with Gasteiger partial charge in [-0.05, 0) is 12.1 Å². The van der Waals surface area contributed by atoms with Gasteiger partial charge >= 0.3 is 0 Å². The molecule has 16 heavy (non-hydrogen) atoms. The Hall–Kier alpha value is -2.08. The molecular formula is C10H12N4O2. The molecule has 84 valence electrons. The van der Waals surface area contributed by atoms with E-state index in [-0.39, 0.29) is 6.61 Å². The molecule has 0 saturated carbocycles. The first-order valence-electron chi connectivity index (χ1n) is 4.85. The van der Waals surface area contributed by atoms with Crippen LogP contribution in [0.1, 0.15) is 0 Å². The van der Waals surface area contributed by atoms with Gasteiger partial charge in [0.05, 0.1) is 18.5 Å². The molecule has 1 heterocycles. The number of nitrogens with one attached hydrogen (secondary N) is 1. The first-order valence-corrected chi connectivity index (χ1v) is 4.85. The van der Waals surface area contributed by atoms with Gasteiger partial charge in [0.1, 0.15) is 5.69 Å². The largest absolute Gasteiger partial charge is 0.618 e. The van der Waals surface area contributed by atoms with Gasteiger partial charge in [0.25, 0.3) is 5.52 Å². The van der Waals surface area contributed by atoms with Gasteiger partial charge in [-0.1, -0.05) is 0 Å². The van der Waals surface area contributed by atoms with Gasteiger partial charge < -0.3 is 21.4 Å². The van der Waals surface area contributed by atoms with E-state index in [4.69, 9.17) is 10.8 Å². The zero-order valence-electron chi connectivity index (χ0n) is 8.55. The third kappa shape index (κ3) is 1.70. The van der Waals surface area contributed by atoms with E-state index in [1.807, 2.05) is 0 Å². The number of nitrogen functional groups attached to an aromatic ring is 1. The van der Waals surface area contributed by atoms with Crippen molar-refractivity contribution in [2.24, 2.45) is 0 Å². The molecule has 0 aliphatic rings. The fourth-order valence-electron chi connectivity index (χ4n) is 1.53. The third-order valence-electron chi connectivity index (χ3n) is 2.24. The van der Waals surface area contributed by atoms with Gasteiger partial charge in [-0.3, -0.25) is 0 Å². The molecule has 2 aromatic rings. The van der Waals surface area contributed by atoms with E-state index in [1.165, 1.54) is 12.4 Å². The molecule has 0 atom stereocenters. The normalized spacial score (nSPS) is 10.6. The molecule has 1 aromatic heterocycles. The minimum absolute atomic E-state index is 0.01000. The van der Waals surface area contributed by atoms with Crippen molar-refractivity contribution in [2.75, 3.05) is 24.2 Å². The van der Waals surface area contributed by atoms with Crippen molar-refractivity contribution >= 4 is 22.4 Å². The summed E-state index contributed by atoms with van der Waals surface area (Å²) in [7, 11) is 0. The lowest BCUT2D eigenvalue weighted by Gasteiger charge is -2.08. The Bertz CT molecular complexity index is 507. The Balaban J connectivity index is 2.60. The first-order chi connectivity index (χ1) is 7.74. The van der Waals surface area contributed by atoms with Crippen molar-refractivity contribution in [1.29, 1.82) is 0 Å². The molecular weight excluding hydrogens is 208 g/mol. The first kappa shape index (κ1) is 10.4. The zero-order valence-corrected chi connectivity index (χ0v) is 8.55. The van der Waals surface area contributed by atoms with Gasteiger partial charge in [-0.2, -0.15) is 4.73 Å². The van der Waals surface area contributed by atoms with Crippen LogP contribution in [0.15, 0.2) is 24.5 Å². The molecule has 0 unspecified atom stereocenters. The van der Waals surface area contributed by atoms with Crippen LogP contribution < -0.4 is 15.8 Å². The highest BCUT2D eigenvalue weighted by molar-refractivity contribution is 5.93. The molecule has 2 rings (SSSR count). The quantitative estimate of drug-likeness (QED) is 0.380. The smallest absolute Gasteiger partial charge is 0.267 e. The predicted molar refractivity (Wildman–Crippen MR) is 60.7 cm³/mol. The number of hydrogen-bond acceptors (Lipinski definition) is 5. The van der Waals surface area contributed by atoms with Crippen LogP contribution >= 0.6 is 0 Å². The second kappa shape index (κ2) is 4.19. The summed E-state index contributed by atoms with van der Waals surface area (Å²) in [4.78, 5) is 4.11. The predicted octanol–water partition coefficient (Wildman–Crippen LogP) is -0.145. The maximum Gasteiger partial charge on any atom is 0.267 e. The molecule has 0 aliphatic heterocycles. The van der Waals surface area contributed by atoms with Crippen LogP contribution in [0, 0.1) is 5.21 Å². The summed E-state index contributed by atoms with van der Waals surface area (Å²) in [5.74, 6) is 0.